The Morgan fingerprint density at radius 3 is 2.65 bits per heavy atom. The fourth-order valence-electron chi connectivity index (χ4n) is 2.29. The molecule has 0 aliphatic rings. The van der Waals surface area contributed by atoms with Crippen molar-refractivity contribution in [3.05, 3.63) is 73.6 Å². The van der Waals surface area contributed by atoms with Crippen LogP contribution in [-0.4, -0.2) is 15.8 Å². The summed E-state index contributed by atoms with van der Waals surface area (Å²) in [6.07, 6.45) is 2.87. The highest BCUT2D eigenvalue weighted by Crippen LogP contribution is 2.17. The molecule has 6 heteroatoms. The maximum Gasteiger partial charge on any atom is 0.326 e. The number of nitrogens with one attached hydrogen (secondary N) is 2. The fraction of sp³-hybridized carbons (Fsp3) is 0.176. The molecular formula is C17H15N3O3. The Labute approximate surface area is 132 Å². The lowest BCUT2D eigenvalue weighted by molar-refractivity contribution is 0.103. The number of hydrogen-bond acceptors (Lipinski definition) is 4. The third kappa shape index (κ3) is 3.52. The first-order valence-electron chi connectivity index (χ1n) is 7.01. The molecule has 23 heavy (non-hydrogen) atoms. The normalized spacial score (nSPS) is 10.9. The molecule has 0 unspecified atom stereocenters. The minimum atomic E-state index is -0.719. The number of carbonyl (C=O) groups excluding carboxylic acids is 1. The van der Waals surface area contributed by atoms with Gasteiger partial charge in [-0.05, 0) is 23.6 Å². The largest absolute Gasteiger partial charge is 0.326 e. The van der Waals surface area contributed by atoms with Gasteiger partial charge in [0.05, 0.1) is 11.8 Å². The first-order valence-corrected chi connectivity index (χ1v) is 7.01. The Morgan fingerprint density at radius 2 is 2.00 bits per heavy atom. The molecular weight excluding hydrogens is 294 g/mol. The molecule has 1 aromatic carbocycles. The van der Waals surface area contributed by atoms with Crippen molar-refractivity contribution in [2.75, 3.05) is 0 Å². The minimum absolute atomic E-state index is 0.00448. The SMILES string of the molecule is CC(C)c1c(C(=O)c2cccc(C=CC#N)c2)[nH]c(=O)[nH]c1=O. The van der Waals surface area contributed by atoms with Crippen molar-refractivity contribution >= 4 is 11.9 Å². The Morgan fingerprint density at radius 1 is 1.26 bits per heavy atom. The van der Waals surface area contributed by atoms with Gasteiger partial charge >= 0.3 is 5.69 Å². The van der Waals surface area contributed by atoms with Crippen molar-refractivity contribution in [3.63, 3.8) is 0 Å². The van der Waals surface area contributed by atoms with Crippen LogP contribution in [0.25, 0.3) is 6.08 Å². The number of allylic oxidation sites excluding steroid dienone is 1. The number of aromatic amines is 2. The molecule has 0 aliphatic carbocycles. The maximum absolute atomic E-state index is 12.7. The van der Waals surface area contributed by atoms with Crippen LogP contribution in [-0.2, 0) is 0 Å². The zero-order chi connectivity index (χ0) is 17.0. The van der Waals surface area contributed by atoms with Crippen LogP contribution in [0, 0.1) is 11.3 Å². The van der Waals surface area contributed by atoms with Gasteiger partial charge in [-0.1, -0.05) is 32.0 Å². The van der Waals surface area contributed by atoms with E-state index in [2.05, 4.69) is 9.97 Å². The van der Waals surface area contributed by atoms with Gasteiger partial charge in [-0.3, -0.25) is 14.6 Å². The Hall–Kier alpha value is -3.20. The number of H-pyrrole nitrogens is 2. The van der Waals surface area contributed by atoms with Crippen LogP contribution in [0.15, 0.2) is 39.9 Å². The van der Waals surface area contributed by atoms with Gasteiger partial charge in [-0.25, -0.2) is 4.79 Å². The topological polar surface area (TPSA) is 107 Å². The van der Waals surface area contributed by atoms with E-state index in [0.717, 1.165) is 0 Å². The van der Waals surface area contributed by atoms with Gasteiger partial charge in [0.15, 0.2) is 0 Å². The summed E-state index contributed by atoms with van der Waals surface area (Å²) in [7, 11) is 0. The number of hydrogen-bond donors (Lipinski definition) is 2. The highest BCUT2D eigenvalue weighted by atomic mass is 16.2. The van der Waals surface area contributed by atoms with Gasteiger partial charge in [-0.15, -0.1) is 0 Å². The number of nitrogens with zero attached hydrogens (tertiary/aromatic N) is 1. The summed E-state index contributed by atoms with van der Waals surface area (Å²) in [5, 5.41) is 8.56. The highest BCUT2D eigenvalue weighted by molar-refractivity contribution is 6.08. The molecule has 0 spiro atoms. The molecule has 0 amide bonds. The van der Waals surface area contributed by atoms with Crippen LogP contribution >= 0.6 is 0 Å². The van der Waals surface area contributed by atoms with Crippen LogP contribution in [0.4, 0.5) is 0 Å². The van der Waals surface area contributed by atoms with Crippen LogP contribution in [0.3, 0.4) is 0 Å². The second-order valence-electron chi connectivity index (χ2n) is 5.27. The average Bonchev–Trinajstić information content (AvgIpc) is 2.51. The van der Waals surface area contributed by atoms with Crippen molar-refractivity contribution in [1.82, 2.24) is 9.97 Å². The molecule has 0 saturated heterocycles. The number of rotatable bonds is 4. The summed E-state index contributed by atoms with van der Waals surface area (Å²) < 4.78 is 0. The van der Waals surface area contributed by atoms with E-state index in [1.807, 2.05) is 6.07 Å². The second kappa shape index (κ2) is 6.71. The van der Waals surface area contributed by atoms with E-state index < -0.39 is 17.0 Å². The predicted molar refractivity (Wildman–Crippen MR) is 86.3 cm³/mol. The summed E-state index contributed by atoms with van der Waals surface area (Å²) in [4.78, 5) is 40.7. The Bertz CT molecular complexity index is 927. The number of ketones is 1. The van der Waals surface area contributed by atoms with Gasteiger partial charge in [0, 0.05) is 17.2 Å². The lowest BCUT2D eigenvalue weighted by atomic mass is 9.97. The molecule has 0 atom stereocenters. The molecule has 0 radical (unpaired) electrons. The Balaban J connectivity index is 2.58. The van der Waals surface area contributed by atoms with E-state index in [1.165, 1.54) is 6.08 Å². The number of benzene rings is 1. The van der Waals surface area contributed by atoms with Crippen LogP contribution < -0.4 is 11.2 Å². The summed E-state index contributed by atoms with van der Waals surface area (Å²) >= 11 is 0. The molecule has 2 aromatic rings. The fourth-order valence-corrected chi connectivity index (χ4v) is 2.29. The van der Waals surface area contributed by atoms with E-state index in [9.17, 15) is 14.4 Å². The predicted octanol–water partition coefficient (Wildman–Crippen LogP) is 1.95. The zero-order valence-corrected chi connectivity index (χ0v) is 12.7. The number of nitriles is 1. The maximum atomic E-state index is 12.7. The van der Waals surface area contributed by atoms with E-state index in [0.29, 0.717) is 11.1 Å². The van der Waals surface area contributed by atoms with Crippen molar-refractivity contribution in [2.24, 2.45) is 0 Å². The first kappa shape index (κ1) is 16.2. The lowest BCUT2D eigenvalue weighted by Crippen LogP contribution is -2.30. The molecule has 116 valence electrons. The van der Waals surface area contributed by atoms with E-state index in [1.54, 1.807) is 44.2 Å². The molecule has 1 heterocycles. The summed E-state index contributed by atoms with van der Waals surface area (Å²) in [5.74, 6) is -0.666. The summed E-state index contributed by atoms with van der Waals surface area (Å²) in [6.45, 7) is 3.54. The highest BCUT2D eigenvalue weighted by Gasteiger charge is 2.20. The van der Waals surface area contributed by atoms with Gasteiger partial charge in [0.2, 0.25) is 5.78 Å². The molecule has 1 aromatic heterocycles. The molecule has 2 N–H and O–H groups in total. The van der Waals surface area contributed by atoms with E-state index >= 15 is 0 Å². The van der Waals surface area contributed by atoms with Crippen LogP contribution in [0.5, 0.6) is 0 Å². The number of carbonyl (C=O) groups is 1. The monoisotopic (exact) mass is 309 g/mol. The third-order valence-corrected chi connectivity index (χ3v) is 3.28. The Kier molecular flexibility index (Phi) is 4.72. The summed E-state index contributed by atoms with van der Waals surface area (Å²) in [5.41, 5.74) is -0.0393. The third-order valence-electron chi connectivity index (χ3n) is 3.28. The molecule has 6 nitrogen and oxygen atoms in total. The van der Waals surface area contributed by atoms with Crippen molar-refractivity contribution < 1.29 is 4.79 Å². The van der Waals surface area contributed by atoms with Gasteiger partial charge in [0.1, 0.15) is 0 Å². The second-order valence-corrected chi connectivity index (χ2v) is 5.27. The van der Waals surface area contributed by atoms with Gasteiger partial charge in [0.25, 0.3) is 5.56 Å². The average molecular weight is 309 g/mol. The molecule has 2 rings (SSSR count). The van der Waals surface area contributed by atoms with Crippen molar-refractivity contribution in [3.8, 4) is 6.07 Å². The van der Waals surface area contributed by atoms with Crippen LogP contribution in [0.1, 0.15) is 46.9 Å². The lowest BCUT2D eigenvalue weighted by Gasteiger charge is -2.10. The quantitative estimate of drug-likeness (QED) is 0.665. The molecule has 0 fully saturated rings. The van der Waals surface area contributed by atoms with Crippen molar-refractivity contribution in [1.29, 1.82) is 5.26 Å². The van der Waals surface area contributed by atoms with E-state index in [4.69, 9.17) is 5.26 Å². The standard InChI is InChI=1S/C17H15N3O3/c1-10(2)13-14(19-17(23)20-16(13)22)15(21)12-7-3-5-11(9-12)6-4-8-18/h3-7,9-10H,1-2H3,(H2,19,20,22,23). The number of aromatic nitrogens is 2. The minimum Gasteiger partial charge on any atom is -0.304 e. The molecule has 0 bridgehead atoms. The summed E-state index contributed by atoms with van der Waals surface area (Å²) in [6, 6.07) is 8.48. The van der Waals surface area contributed by atoms with Crippen molar-refractivity contribution in [2.45, 2.75) is 19.8 Å². The van der Waals surface area contributed by atoms with Gasteiger partial charge < -0.3 is 4.98 Å². The first-order chi connectivity index (χ1) is 10.9. The molecule has 0 aliphatic heterocycles. The molecule has 0 saturated carbocycles. The van der Waals surface area contributed by atoms with Gasteiger partial charge in [-0.2, -0.15) is 5.26 Å². The van der Waals surface area contributed by atoms with E-state index in [-0.39, 0.29) is 17.2 Å². The zero-order valence-electron chi connectivity index (χ0n) is 12.7. The van der Waals surface area contributed by atoms with Crippen LogP contribution in [0.2, 0.25) is 0 Å². The smallest absolute Gasteiger partial charge is 0.304 e.